The molecule has 0 spiro atoms. The molecule has 0 unspecified atom stereocenters. The molecule has 0 bridgehead atoms. The molecular weight excluding hydrogens is 657 g/mol. The third kappa shape index (κ3) is 6.50. The molecule has 0 atom stereocenters. The number of halogens is 5. The van der Waals surface area contributed by atoms with Crippen LogP contribution >= 0.6 is 80.8 Å². The van der Waals surface area contributed by atoms with Crippen molar-refractivity contribution in [2.75, 3.05) is 16.4 Å². The van der Waals surface area contributed by atoms with Crippen LogP contribution in [0.25, 0.3) is 0 Å². The van der Waals surface area contributed by atoms with Gasteiger partial charge in [-0.1, -0.05) is 52.5 Å². The lowest BCUT2D eigenvalue weighted by Gasteiger charge is -2.14. The molecule has 176 valence electrons. The van der Waals surface area contributed by atoms with Gasteiger partial charge in [-0.05, 0) is 65.1 Å². The Bertz CT molecular complexity index is 1290. The third-order valence-electron chi connectivity index (χ3n) is 4.30. The normalized spacial score (nSPS) is 10.6. The van der Waals surface area contributed by atoms with Crippen molar-refractivity contribution < 1.29 is 19.5 Å². The summed E-state index contributed by atoms with van der Waals surface area (Å²) in [5.74, 6) is -2.37. The lowest BCUT2D eigenvalue weighted by Crippen LogP contribution is -2.18. The molecule has 2 amide bonds. The summed E-state index contributed by atoms with van der Waals surface area (Å²) < 4.78 is 1.06. The van der Waals surface area contributed by atoms with Crippen LogP contribution in [0.5, 0.6) is 0 Å². The quantitative estimate of drug-likeness (QED) is 0.104. The standard InChI is InChI=1S/C22H13Cl4IN2O4S/c23-17-15(16(22(32)33)18(24)20(26)19(17)25)21(31)29-12-2-1-3-13(8-12)34-9-14(30)28-11-6-4-10(27)5-7-11/h1-8H,9H2,(H,28,30)(H,29,31)(H,32,33). The van der Waals surface area contributed by atoms with Crippen molar-refractivity contribution >= 4 is 110 Å². The molecule has 3 rings (SSSR count). The fraction of sp³-hybridized carbons (Fsp3) is 0.0455. The number of carbonyl (C=O) groups excluding carboxylic acids is 2. The largest absolute Gasteiger partial charge is 0.478 e. The van der Waals surface area contributed by atoms with Crippen LogP contribution in [0, 0.1) is 3.57 Å². The molecule has 0 heterocycles. The number of carboxylic acid groups (broad SMARTS) is 1. The molecule has 0 saturated carbocycles. The molecule has 0 saturated heterocycles. The molecule has 0 aromatic heterocycles. The summed E-state index contributed by atoms with van der Waals surface area (Å²) >= 11 is 27.5. The maximum Gasteiger partial charge on any atom is 0.338 e. The van der Waals surface area contributed by atoms with Crippen molar-refractivity contribution in [2.24, 2.45) is 0 Å². The van der Waals surface area contributed by atoms with Gasteiger partial charge in [-0.3, -0.25) is 9.59 Å². The monoisotopic (exact) mass is 668 g/mol. The number of aromatic carboxylic acids is 1. The highest BCUT2D eigenvalue weighted by molar-refractivity contribution is 14.1. The van der Waals surface area contributed by atoms with E-state index >= 15 is 0 Å². The van der Waals surface area contributed by atoms with Crippen LogP contribution < -0.4 is 10.6 Å². The summed E-state index contributed by atoms with van der Waals surface area (Å²) in [7, 11) is 0. The van der Waals surface area contributed by atoms with Crippen molar-refractivity contribution in [3.63, 3.8) is 0 Å². The van der Waals surface area contributed by atoms with Gasteiger partial charge in [0.05, 0.1) is 37.0 Å². The SMILES string of the molecule is O=C(CSc1cccc(NC(=O)c2c(Cl)c(Cl)c(Cl)c(Cl)c2C(=O)O)c1)Nc1ccc(I)cc1. The highest BCUT2D eigenvalue weighted by Crippen LogP contribution is 2.41. The van der Waals surface area contributed by atoms with E-state index in [0.717, 1.165) is 3.57 Å². The van der Waals surface area contributed by atoms with Crippen molar-refractivity contribution in [3.05, 3.63) is 83.3 Å². The third-order valence-corrected chi connectivity index (χ3v) is 7.81. The van der Waals surface area contributed by atoms with E-state index in [1.807, 2.05) is 24.3 Å². The predicted octanol–water partition coefficient (Wildman–Crippen LogP) is 7.59. The van der Waals surface area contributed by atoms with E-state index in [4.69, 9.17) is 46.4 Å². The van der Waals surface area contributed by atoms with Gasteiger partial charge in [0.2, 0.25) is 5.91 Å². The molecule has 0 aliphatic carbocycles. The molecule has 3 N–H and O–H groups in total. The van der Waals surface area contributed by atoms with Gasteiger partial charge >= 0.3 is 5.97 Å². The van der Waals surface area contributed by atoms with Crippen molar-refractivity contribution in [3.8, 4) is 0 Å². The number of carbonyl (C=O) groups is 3. The minimum atomic E-state index is -1.49. The maximum absolute atomic E-state index is 12.9. The van der Waals surface area contributed by atoms with Crippen LogP contribution in [-0.2, 0) is 4.79 Å². The number of nitrogens with one attached hydrogen (secondary N) is 2. The topological polar surface area (TPSA) is 95.5 Å². The predicted molar refractivity (Wildman–Crippen MR) is 146 cm³/mol. The molecule has 3 aromatic rings. The molecule has 0 aliphatic heterocycles. The zero-order valence-corrected chi connectivity index (χ0v) is 22.8. The Balaban J connectivity index is 1.73. The minimum absolute atomic E-state index is 0.140. The molecule has 12 heteroatoms. The zero-order valence-electron chi connectivity index (χ0n) is 16.8. The van der Waals surface area contributed by atoms with Gasteiger partial charge in [0.25, 0.3) is 5.91 Å². The zero-order chi connectivity index (χ0) is 25.0. The average molecular weight is 670 g/mol. The van der Waals surface area contributed by atoms with E-state index in [9.17, 15) is 19.5 Å². The van der Waals surface area contributed by atoms with Gasteiger partial charge < -0.3 is 15.7 Å². The number of rotatable bonds is 7. The van der Waals surface area contributed by atoms with E-state index in [2.05, 4.69) is 33.2 Å². The number of anilines is 2. The van der Waals surface area contributed by atoms with Crippen LogP contribution in [0.15, 0.2) is 53.4 Å². The fourth-order valence-electron chi connectivity index (χ4n) is 2.78. The Morgan fingerprint density at radius 2 is 1.44 bits per heavy atom. The first-order valence-electron chi connectivity index (χ1n) is 9.27. The smallest absolute Gasteiger partial charge is 0.338 e. The van der Waals surface area contributed by atoms with Gasteiger partial charge in [0, 0.05) is 19.8 Å². The summed E-state index contributed by atoms with van der Waals surface area (Å²) in [5, 5.41) is 13.7. The number of benzene rings is 3. The number of thioether (sulfide) groups is 1. The van der Waals surface area contributed by atoms with Crippen molar-refractivity contribution in [2.45, 2.75) is 4.90 Å². The number of hydrogen-bond donors (Lipinski definition) is 3. The summed E-state index contributed by atoms with van der Waals surface area (Å²) in [6.45, 7) is 0. The molecule has 0 fully saturated rings. The first kappa shape index (κ1) is 26.9. The summed E-state index contributed by atoms with van der Waals surface area (Å²) in [6, 6.07) is 14.1. The molecule has 34 heavy (non-hydrogen) atoms. The van der Waals surface area contributed by atoms with Crippen molar-refractivity contribution in [1.29, 1.82) is 0 Å². The van der Waals surface area contributed by atoms with Gasteiger partial charge in [-0.2, -0.15) is 0 Å². The van der Waals surface area contributed by atoms with E-state index in [1.54, 1.807) is 24.3 Å². The van der Waals surface area contributed by atoms with E-state index in [-0.39, 0.29) is 26.7 Å². The highest BCUT2D eigenvalue weighted by atomic mass is 127. The van der Waals surface area contributed by atoms with E-state index in [1.165, 1.54) is 11.8 Å². The fourth-order valence-corrected chi connectivity index (χ4v) is 4.92. The Kier molecular flexibility index (Phi) is 9.36. The van der Waals surface area contributed by atoms with Gasteiger partial charge in [-0.15, -0.1) is 11.8 Å². The molecular formula is C22H13Cl4IN2O4S. The van der Waals surface area contributed by atoms with Gasteiger partial charge in [0.1, 0.15) is 0 Å². The summed E-state index contributed by atoms with van der Waals surface area (Å²) in [4.78, 5) is 37.5. The number of carboxylic acids is 1. The highest BCUT2D eigenvalue weighted by Gasteiger charge is 2.29. The first-order valence-corrected chi connectivity index (χ1v) is 12.8. The van der Waals surface area contributed by atoms with E-state index < -0.39 is 28.0 Å². The summed E-state index contributed by atoms with van der Waals surface area (Å²) in [5.41, 5.74) is 0.0703. The Labute approximate surface area is 232 Å². The average Bonchev–Trinajstić information content (AvgIpc) is 2.80. The van der Waals surface area contributed by atoms with Crippen LogP contribution in [0.4, 0.5) is 11.4 Å². The lowest BCUT2D eigenvalue weighted by molar-refractivity contribution is -0.113. The molecule has 3 aromatic carbocycles. The van der Waals surface area contributed by atoms with Crippen LogP contribution in [-0.4, -0.2) is 28.6 Å². The second-order valence-electron chi connectivity index (χ2n) is 6.64. The van der Waals surface area contributed by atoms with Gasteiger partial charge in [-0.25, -0.2) is 4.79 Å². The van der Waals surface area contributed by atoms with Gasteiger partial charge in [0.15, 0.2) is 0 Å². The molecule has 0 radical (unpaired) electrons. The van der Waals surface area contributed by atoms with Crippen LogP contribution in [0.3, 0.4) is 0 Å². The molecule has 0 aliphatic rings. The minimum Gasteiger partial charge on any atom is -0.478 e. The maximum atomic E-state index is 12.9. The second-order valence-corrected chi connectivity index (χ2v) is 10.4. The van der Waals surface area contributed by atoms with Crippen LogP contribution in [0.1, 0.15) is 20.7 Å². The lowest BCUT2D eigenvalue weighted by atomic mass is 10.1. The van der Waals surface area contributed by atoms with Crippen molar-refractivity contribution in [1.82, 2.24) is 0 Å². The Hall–Kier alpha value is -1.69. The Morgan fingerprint density at radius 1 is 0.824 bits per heavy atom. The van der Waals surface area contributed by atoms with Crippen LogP contribution in [0.2, 0.25) is 20.1 Å². The summed E-state index contributed by atoms with van der Waals surface area (Å²) in [6.07, 6.45) is 0. The number of amides is 2. The molecule has 6 nitrogen and oxygen atoms in total. The second kappa shape index (κ2) is 11.8. The van der Waals surface area contributed by atoms with E-state index in [0.29, 0.717) is 16.3 Å². The first-order chi connectivity index (χ1) is 16.1. The Morgan fingerprint density at radius 3 is 2.06 bits per heavy atom. The number of hydrogen-bond acceptors (Lipinski definition) is 4.